The molecule has 4 aliphatic rings. The second-order valence-corrected chi connectivity index (χ2v) is 7.05. The van der Waals surface area contributed by atoms with Crippen molar-refractivity contribution in [3.8, 4) is 0 Å². The smallest absolute Gasteiger partial charge is 0.0697 e. The van der Waals surface area contributed by atoms with Crippen LogP contribution >= 0.6 is 0 Å². The minimum absolute atomic E-state index is 0.312. The maximum Gasteiger partial charge on any atom is 0.0697 e. The number of rotatable bonds is 2. The SMILES string of the molecule is C1CC2(C1)CC(NC1CCC13CCC3)CCO2. The molecule has 2 atom stereocenters. The number of nitrogens with one attached hydrogen (secondary N) is 1. The molecule has 2 nitrogen and oxygen atoms in total. The molecule has 0 amide bonds. The lowest BCUT2D eigenvalue weighted by molar-refractivity contribution is -0.141. The fourth-order valence-electron chi connectivity index (χ4n) is 4.56. The molecule has 0 radical (unpaired) electrons. The van der Waals surface area contributed by atoms with Crippen molar-refractivity contribution in [2.75, 3.05) is 6.61 Å². The first kappa shape index (κ1) is 10.8. The van der Waals surface area contributed by atoms with Crippen LogP contribution in [0, 0.1) is 5.41 Å². The first-order valence-electron chi connectivity index (χ1n) is 7.70. The zero-order chi connectivity index (χ0) is 11.3. The van der Waals surface area contributed by atoms with E-state index < -0.39 is 0 Å². The van der Waals surface area contributed by atoms with Gasteiger partial charge in [-0.05, 0) is 63.2 Å². The maximum absolute atomic E-state index is 6.02. The van der Waals surface area contributed by atoms with E-state index in [2.05, 4.69) is 5.32 Å². The van der Waals surface area contributed by atoms with Gasteiger partial charge in [-0.15, -0.1) is 0 Å². The maximum atomic E-state index is 6.02. The molecule has 96 valence electrons. The van der Waals surface area contributed by atoms with Crippen LogP contribution in [0.25, 0.3) is 0 Å². The summed E-state index contributed by atoms with van der Waals surface area (Å²) >= 11 is 0. The molecular formula is C15H25NO. The van der Waals surface area contributed by atoms with Gasteiger partial charge in [0.05, 0.1) is 5.60 Å². The molecule has 0 aromatic heterocycles. The summed E-state index contributed by atoms with van der Waals surface area (Å²) < 4.78 is 6.02. The van der Waals surface area contributed by atoms with Gasteiger partial charge in [0.25, 0.3) is 0 Å². The lowest BCUT2D eigenvalue weighted by Crippen LogP contribution is -2.61. The zero-order valence-corrected chi connectivity index (χ0v) is 10.8. The molecule has 2 heteroatoms. The standard InChI is InChI=1S/C15H25NO/c1-5-14(6-1)9-3-13(14)16-12-4-10-17-15(11-12)7-2-8-15/h12-13,16H,1-11H2. The summed E-state index contributed by atoms with van der Waals surface area (Å²) in [5.41, 5.74) is 1.07. The third kappa shape index (κ3) is 1.60. The van der Waals surface area contributed by atoms with Crippen molar-refractivity contribution in [3.05, 3.63) is 0 Å². The molecule has 0 bridgehead atoms. The predicted octanol–water partition coefficient (Wildman–Crippen LogP) is 3.01. The molecule has 0 aromatic rings. The monoisotopic (exact) mass is 235 g/mol. The first-order valence-corrected chi connectivity index (χ1v) is 7.70. The lowest BCUT2D eigenvalue weighted by atomic mass is 9.53. The van der Waals surface area contributed by atoms with E-state index in [1.54, 1.807) is 0 Å². The average molecular weight is 235 g/mol. The minimum atomic E-state index is 0.312. The summed E-state index contributed by atoms with van der Waals surface area (Å²) in [4.78, 5) is 0. The number of ether oxygens (including phenoxy) is 1. The van der Waals surface area contributed by atoms with E-state index in [9.17, 15) is 0 Å². The van der Waals surface area contributed by atoms with Crippen molar-refractivity contribution in [1.29, 1.82) is 0 Å². The fourth-order valence-corrected chi connectivity index (χ4v) is 4.56. The van der Waals surface area contributed by atoms with Crippen LogP contribution in [0.1, 0.15) is 64.2 Å². The highest BCUT2D eigenvalue weighted by molar-refractivity contribution is 5.07. The van der Waals surface area contributed by atoms with E-state index in [0.717, 1.165) is 24.1 Å². The van der Waals surface area contributed by atoms with Crippen LogP contribution in [-0.4, -0.2) is 24.3 Å². The molecule has 3 aliphatic carbocycles. The predicted molar refractivity (Wildman–Crippen MR) is 68.0 cm³/mol. The molecule has 0 aromatic carbocycles. The quantitative estimate of drug-likeness (QED) is 0.794. The van der Waals surface area contributed by atoms with Crippen LogP contribution in [0.4, 0.5) is 0 Å². The second kappa shape index (κ2) is 3.71. The molecule has 1 saturated heterocycles. The van der Waals surface area contributed by atoms with Crippen molar-refractivity contribution in [2.24, 2.45) is 5.41 Å². The Kier molecular flexibility index (Phi) is 2.36. The van der Waals surface area contributed by atoms with E-state index >= 15 is 0 Å². The van der Waals surface area contributed by atoms with Gasteiger partial charge in [0.15, 0.2) is 0 Å². The van der Waals surface area contributed by atoms with Crippen molar-refractivity contribution in [1.82, 2.24) is 5.32 Å². The molecule has 2 unspecified atom stereocenters. The van der Waals surface area contributed by atoms with Gasteiger partial charge in [0, 0.05) is 18.7 Å². The van der Waals surface area contributed by atoms with Gasteiger partial charge in [0.2, 0.25) is 0 Å². The Balaban J connectivity index is 1.36. The van der Waals surface area contributed by atoms with Crippen LogP contribution in [0.5, 0.6) is 0 Å². The molecule has 2 spiro atoms. The molecule has 1 N–H and O–H groups in total. The van der Waals surface area contributed by atoms with Gasteiger partial charge < -0.3 is 10.1 Å². The van der Waals surface area contributed by atoms with Gasteiger partial charge in [0.1, 0.15) is 0 Å². The normalized spacial score (nSPS) is 41.6. The van der Waals surface area contributed by atoms with E-state index in [4.69, 9.17) is 4.74 Å². The number of hydrogen-bond acceptors (Lipinski definition) is 2. The van der Waals surface area contributed by atoms with Crippen LogP contribution in [-0.2, 0) is 4.74 Å². The average Bonchev–Trinajstić information content (AvgIpc) is 2.21. The third-order valence-corrected chi connectivity index (χ3v) is 6.21. The summed E-state index contributed by atoms with van der Waals surface area (Å²) in [7, 11) is 0. The lowest BCUT2D eigenvalue weighted by Gasteiger charge is -2.58. The fraction of sp³-hybridized carbons (Fsp3) is 1.00. The summed E-state index contributed by atoms with van der Waals surface area (Å²) in [6.07, 6.45) is 14.0. The Hall–Kier alpha value is -0.0800. The van der Waals surface area contributed by atoms with E-state index in [1.165, 1.54) is 64.2 Å². The molecule has 3 saturated carbocycles. The highest BCUT2D eigenvalue weighted by atomic mass is 16.5. The van der Waals surface area contributed by atoms with Crippen molar-refractivity contribution >= 4 is 0 Å². The Bertz CT molecular complexity index is 301. The van der Waals surface area contributed by atoms with Crippen molar-refractivity contribution in [2.45, 2.75) is 81.9 Å². The molecule has 4 fully saturated rings. The van der Waals surface area contributed by atoms with E-state index in [0.29, 0.717) is 5.60 Å². The van der Waals surface area contributed by atoms with Crippen LogP contribution < -0.4 is 5.32 Å². The van der Waals surface area contributed by atoms with Gasteiger partial charge >= 0.3 is 0 Å². The van der Waals surface area contributed by atoms with Crippen molar-refractivity contribution in [3.63, 3.8) is 0 Å². The summed E-state index contributed by atoms with van der Waals surface area (Å²) in [5, 5.41) is 3.99. The van der Waals surface area contributed by atoms with Crippen LogP contribution in [0.15, 0.2) is 0 Å². The van der Waals surface area contributed by atoms with Crippen LogP contribution in [0.2, 0.25) is 0 Å². The Labute approximate surface area is 104 Å². The minimum Gasteiger partial charge on any atom is -0.375 e. The topological polar surface area (TPSA) is 21.3 Å². The molecule has 1 heterocycles. The number of hydrogen-bond donors (Lipinski definition) is 1. The van der Waals surface area contributed by atoms with Gasteiger partial charge in [-0.1, -0.05) is 6.42 Å². The zero-order valence-electron chi connectivity index (χ0n) is 10.8. The van der Waals surface area contributed by atoms with Crippen LogP contribution in [0.3, 0.4) is 0 Å². The van der Waals surface area contributed by atoms with Gasteiger partial charge in [-0.25, -0.2) is 0 Å². The Morgan fingerprint density at radius 3 is 2.29 bits per heavy atom. The molecular weight excluding hydrogens is 210 g/mol. The second-order valence-electron chi connectivity index (χ2n) is 7.05. The highest BCUT2D eigenvalue weighted by Crippen LogP contribution is 2.56. The van der Waals surface area contributed by atoms with E-state index in [-0.39, 0.29) is 0 Å². The molecule has 1 aliphatic heterocycles. The molecule has 4 rings (SSSR count). The third-order valence-electron chi connectivity index (χ3n) is 6.21. The summed E-state index contributed by atoms with van der Waals surface area (Å²) in [5.74, 6) is 0. The van der Waals surface area contributed by atoms with Gasteiger partial charge in [-0.3, -0.25) is 0 Å². The van der Waals surface area contributed by atoms with E-state index in [1.807, 2.05) is 0 Å². The summed E-state index contributed by atoms with van der Waals surface area (Å²) in [6.45, 7) is 0.997. The van der Waals surface area contributed by atoms with Gasteiger partial charge in [-0.2, -0.15) is 0 Å². The van der Waals surface area contributed by atoms with Crippen molar-refractivity contribution < 1.29 is 4.74 Å². The Morgan fingerprint density at radius 1 is 0.941 bits per heavy atom. The Morgan fingerprint density at radius 2 is 1.76 bits per heavy atom. The highest BCUT2D eigenvalue weighted by Gasteiger charge is 2.52. The largest absolute Gasteiger partial charge is 0.375 e. The molecule has 17 heavy (non-hydrogen) atoms. The summed E-state index contributed by atoms with van der Waals surface area (Å²) in [6, 6.07) is 1.61. The first-order chi connectivity index (χ1) is 8.30.